The van der Waals surface area contributed by atoms with E-state index in [2.05, 4.69) is 13.8 Å². The lowest BCUT2D eigenvalue weighted by atomic mass is 9.88. The molecule has 9 heteroatoms. The van der Waals surface area contributed by atoms with Crippen LogP contribution in [-0.2, 0) is 9.59 Å². The van der Waals surface area contributed by atoms with Gasteiger partial charge < -0.3 is 9.59 Å². The molecule has 0 aromatic heterocycles. The van der Waals surface area contributed by atoms with E-state index in [1.807, 2.05) is 27.4 Å². The summed E-state index contributed by atoms with van der Waals surface area (Å²) in [5.74, 6) is -2.25. The van der Waals surface area contributed by atoms with E-state index in [1.54, 1.807) is 6.92 Å². The van der Waals surface area contributed by atoms with E-state index in [0.29, 0.717) is 6.42 Å². The lowest BCUT2D eigenvalue weighted by Crippen LogP contribution is -2.42. The zero-order valence-electron chi connectivity index (χ0n) is 17.9. The number of carbonyl (C=O) groups is 2. The Hall–Kier alpha value is -1.15. The first kappa shape index (κ1) is 37.6. The minimum Gasteiger partial charge on any atom is -0.307 e. The molecule has 0 aromatic rings. The van der Waals surface area contributed by atoms with Gasteiger partial charge in [-0.15, -0.1) is 0 Å². The number of unbranched alkanes of at least 4 members (excludes halogenated alkanes) is 3. The molecule has 0 bridgehead atoms. The SMILES string of the molecule is C=O.C=O.CC.CCCCC.CCCCC(CC(C)(F)C(F)(F)F)C(F)(F)F. The van der Waals surface area contributed by atoms with Gasteiger partial charge in [-0.1, -0.05) is 66.7 Å². The standard InChI is InChI=1S/C10H15F7.C5H12.C2H6.2CH2O/c1-3-4-5-7(9(12,13)14)6-8(2,11)10(15,16)17;1-3-5-4-2;3*1-2/h7H,3-6H2,1-2H3;3-5H2,1-2H3;1-2H3;2*1H2. The van der Waals surface area contributed by atoms with Crippen LogP contribution in [-0.4, -0.2) is 31.6 Å². The van der Waals surface area contributed by atoms with Crippen LogP contribution in [0.2, 0.25) is 0 Å². The molecule has 0 aliphatic carbocycles. The van der Waals surface area contributed by atoms with E-state index in [0.717, 1.165) is 0 Å². The second-order valence-electron chi connectivity index (χ2n) is 5.63. The maximum Gasteiger partial charge on any atom is 0.422 e. The highest BCUT2D eigenvalue weighted by atomic mass is 19.4. The highest BCUT2D eigenvalue weighted by Crippen LogP contribution is 2.44. The first-order chi connectivity index (χ1) is 12.8. The third-order valence-corrected chi connectivity index (χ3v) is 3.30. The molecule has 0 amide bonds. The minimum atomic E-state index is -5.28. The van der Waals surface area contributed by atoms with E-state index < -0.39 is 36.8 Å². The highest BCUT2D eigenvalue weighted by Gasteiger charge is 2.56. The van der Waals surface area contributed by atoms with Crippen molar-refractivity contribution < 1.29 is 40.3 Å². The summed E-state index contributed by atoms with van der Waals surface area (Å²) in [5.41, 5.74) is -3.80. The van der Waals surface area contributed by atoms with Crippen molar-refractivity contribution in [2.75, 3.05) is 0 Å². The van der Waals surface area contributed by atoms with Gasteiger partial charge in [-0.05, 0) is 13.3 Å². The molecule has 0 aliphatic heterocycles. The summed E-state index contributed by atoms with van der Waals surface area (Å²) in [7, 11) is 0. The Morgan fingerprint density at radius 2 is 1.04 bits per heavy atom. The topological polar surface area (TPSA) is 34.1 Å². The normalized spacial score (nSPS) is 13.5. The molecule has 2 nitrogen and oxygen atoms in total. The zero-order valence-corrected chi connectivity index (χ0v) is 17.9. The summed E-state index contributed by atoms with van der Waals surface area (Å²) in [6.07, 6.45) is -7.50. The van der Waals surface area contributed by atoms with Gasteiger partial charge in [0.2, 0.25) is 5.67 Å². The molecule has 0 radical (unpaired) electrons. The molecule has 2 atom stereocenters. The van der Waals surface area contributed by atoms with Crippen LogP contribution < -0.4 is 0 Å². The Morgan fingerprint density at radius 3 is 1.21 bits per heavy atom. The average Bonchev–Trinajstić information content (AvgIpc) is 2.63. The van der Waals surface area contributed by atoms with E-state index in [9.17, 15) is 30.7 Å². The van der Waals surface area contributed by atoms with Gasteiger partial charge in [0.1, 0.15) is 13.6 Å². The van der Waals surface area contributed by atoms with Crippen LogP contribution in [0.25, 0.3) is 0 Å². The van der Waals surface area contributed by atoms with Crippen LogP contribution in [0.1, 0.15) is 86.5 Å². The number of hydrogen-bond donors (Lipinski definition) is 0. The summed E-state index contributed by atoms with van der Waals surface area (Å²) in [6, 6.07) is 0. The molecule has 174 valence electrons. The van der Waals surface area contributed by atoms with Crippen LogP contribution >= 0.6 is 0 Å². The molecule has 0 heterocycles. The molecule has 0 N–H and O–H groups in total. The van der Waals surface area contributed by atoms with Gasteiger partial charge in [-0.2, -0.15) is 26.3 Å². The minimum absolute atomic E-state index is 0.123. The number of carbonyl (C=O) groups excluding carboxylic acids is 2. The number of halogens is 7. The van der Waals surface area contributed by atoms with Gasteiger partial charge in [-0.3, -0.25) is 0 Å². The van der Waals surface area contributed by atoms with Crippen molar-refractivity contribution in [1.29, 1.82) is 0 Å². The fourth-order valence-electron chi connectivity index (χ4n) is 1.76. The molecule has 0 spiro atoms. The van der Waals surface area contributed by atoms with E-state index in [1.165, 1.54) is 19.3 Å². The first-order valence-electron chi connectivity index (χ1n) is 9.23. The Balaban J connectivity index is -0.000000134. The summed E-state index contributed by atoms with van der Waals surface area (Å²) in [5, 5.41) is 0. The van der Waals surface area contributed by atoms with Crippen LogP contribution in [0.5, 0.6) is 0 Å². The van der Waals surface area contributed by atoms with Gasteiger partial charge in [-0.25, -0.2) is 4.39 Å². The van der Waals surface area contributed by atoms with Crippen molar-refractivity contribution in [3.63, 3.8) is 0 Å². The fraction of sp³-hybridized carbons (Fsp3) is 0.895. The van der Waals surface area contributed by atoms with Gasteiger partial charge in [0, 0.05) is 6.42 Å². The summed E-state index contributed by atoms with van der Waals surface area (Å²) < 4.78 is 86.9. The predicted molar refractivity (Wildman–Crippen MR) is 100 cm³/mol. The van der Waals surface area contributed by atoms with Crippen molar-refractivity contribution in [2.24, 2.45) is 5.92 Å². The van der Waals surface area contributed by atoms with Crippen LogP contribution in [0.3, 0.4) is 0 Å². The smallest absolute Gasteiger partial charge is 0.307 e. The molecular weight excluding hydrogens is 393 g/mol. The molecule has 0 fully saturated rings. The van der Waals surface area contributed by atoms with Crippen molar-refractivity contribution in [1.82, 2.24) is 0 Å². The summed E-state index contributed by atoms with van der Waals surface area (Å²) in [4.78, 5) is 16.0. The number of rotatable bonds is 7. The monoisotopic (exact) mass is 430 g/mol. The molecule has 0 saturated carbocycles. The number of hydrogen-bond acceptors (Lipinski definition) is 2. The second kappa shape index (κ2) is 22.1. The van der Waals surface area contributed by atoms with E-state index in [-0.39, 0.29) is 13.3 Å². The molecule has 0 rings (SSSR count). The maximum atomic E-state index is 13.2. The van der Waals surface area contributed by atoms with Gasteiger partial charge in [0.25, 0.3) is 0 Å². The van der Waals surface area contributed by atoms with Crippen LogP contribution in [0.15, 0.2) is 0 Å². The molecular formula is C19H37F7O2. The Kier molecular flexibility index (Phi) is 29.7. The van der Waals surface area contributed by atoms with Gasteiger partial charge >= 0.3 is 12.4 Å². The van der Waals surface area contributed by atoms with Crippen molar-refractivity contribution >= 4 is 13.6 Å². The molecule has 0 saturated heterocycles. The van der Waals surface area contributed by atoms with E-state index >= 15 is 0 Å². The third kappa shape index (κ3) is 22.9. The predicted octanol–water partition coefficient (Wildman–Crippen LogP) is 7.89. The average molecular weight is 430 g/mol. The molecule has 0 aliphatic rings. The summed E-state index contributed by atoms with van der Waals surface area (Å²) >= 11 is 0. The summed E-state index contributed by atoms with van der Waals surface area (Å²) in [6.45, 7) is 14.2. The quantitative estimate of drug-likeness (QED) is 0.385. The van der Waals surface area contributed by atoms with E-state index in [4.69, 9.17) is 9.59 Å². The fourth-order valence-corrected chi connectivity index (χ4v) is 1.76. The Bertz CT molecular complexity index is 300. The molecule has 0 aromatic carbocycles. The van der Waals surface area contributed by atoms with Crippen molar-refractivity contribution in [3.05, 3.63) is 0 Å². The Labute approximate surface area is 165 Å². The molecule has 2 unspecified atom stereocenters. The van der Waals surface area contributed by atoms with Gasteiger partial charge in [0.05, 0.1) is 5.92 Å². The third-order valence-electron chi connectivity index (χ3n) is 3.30. The van der Waals surface area contributed by atoms with Crippen molar-refractivity contribution in [2.45, 2.75) is 105 Å². The van der Waals surface area contributed by atoms with Crippen LogP contribution in [0.4, 0.5) is 30.7 Å². The van der Waals surface area contributed by atoms with Crippen LogP contribution in [0, 0.1) is 5.92 Å². The lowest BCUT2D eigenvalue weighted by molar-refractivity contribution is -0.248. The lowest BCUT2D eigenvalue weighted by Gasteiger charge is -2.29. The first-order valence-corrected chi connectivity index (χ1v) is 9.23. The Morgan fingerprint density at radius 1 is 0.714 bits per heavy atom. The second-order valence-corrected chi connectivity index (χ2v) is 5.63. The largest absolute Gasteiger partial charge is 0.422 e. The number of alkyl halides is 7. The maximum absolute atomic E-state index is 13.2. The van der Waals surface area contributed by atoms with Gasteiger partial charge in [0.15, 0.2) is 0 Å². The zero-order chi connectivity index (χ0) is 24.0. The highest BCUT2D eigenvalue weighted by molar-refractivity contribution is 5.11. The van der Waals surface area contributed by atoms with Crippen molar-refractivity contribution in [3.8, 4) is 0 Å². The molecule has 28 heavy (non-hydrogen) atoms.